The van der Waals surface area contributed by atoms with Crippen molar-refractivity contribution in [2.45, 2.75) is 4.90 Å². The van der Waals surface area contributed by atoms with E-state index in [1.807, 2.05) is 0 Å². The van der Waals surface area contributed by atoms with Gasteiger partial charge in [0.1, 0.15) is 36.5 Å². The van der Waals surface area contributed by atoms with Crippen molar-refractivity contribution in [1.82, 2.24) is 0 Å². The summed E-state index contributed by atoms with van der Waals surface area (Å²) in [7, 11) is -4.89. The average molecular weight is 711 g/mol. The summed E-state index contributed by atoms with van der Waals surface area (Å²) in [5.41, 5.74) is 0. The number of rotatable bonds is 5. The summed E-state index contributed by atoms with van der Waals surface area (Å²) < 4.78 is 45.0. The zero-order chi connectivity index (χ0) is 25.7. The van der Waals surface area contributed by atoms with Gasteiger partial charge in [-0.2, -0.15) is 8.42 Å². The van der Waals surface area contributed by atoms with E-state index < -0.39 is 20.8 Å². The second-order valence-electron chi connectivity index (χ2n) is 6.09. The first-order valence-electron chi connectivity index (χ1n) is 8.16. The Bertz CT molecular complexity index is 1390. The molecule has 0 saturated heterocycles. The fraction of sp³-hybridized carbons (Fsp3) is 0. The fourth-order valence-electron chi connectivity index (χ4n) is 2.41. The third-order valence-corrected chi connectivity index (χ3v) is 9.32. The van der Waals surface area contributed by atoms with Gasteiger partial charge in [0.2, 0.25) is 0 Å². The first kappa shape index (κ1) is 32.3. The van der Waals surface area contributed by atoms with Crippen molar-refractivity contribution in [3.8, 4) is 23.0 Å². The first-order valence-corrected chi connectivity index (χ1v) is 13.4. The van der Waals surface area contributed by atoms with Gasteiger partial charge in [0.05, 0.1) is 30.1 Å². The van der Waals surface area contributed by atoms with E-state index >= 15 is 0 Å². The normalized spacial score (nSPS) is 11.3. The fourth-order valence-corrected chi connectivity index (χ4v) is 5.44. The summed E-state index contributed by atoms with van der Waals surface area (Å²) in [6.45, 7) is 0. The molecule has 35 heavy (non-hydrogen) atoms. The summed E-state index contributed by atoms with van der Waals surface area (Å²) in [6.07, 6.45) is 0. The minimum absolute atomic E-state index is 0. The third kappa shape index (κ3) is 6.63. The molecule has 0 atom stereocenters. The Morgan fingerprint density at radius 3 is 1.29 bits per heavy atom. The number of ether oxygens (including phenoxy) is 2. The van der Waals surface area contributed by atoms with Gasteiger partial charge in [0.15, 0.2) is 11.5 Å². The van der Waals surface area contributed by atoms with E-state index in [1.165, 1.54) is 6.07 Å². The van der Waals surface area contributed by atoms with Gasteiger partial charge in [0, 0.05) is 6.07 Å². The second-order valence-corrected chi connectivity index (χ2v) is 11.3. The molecule has 0 aromatic heterocycles. The van der Waals surface area contributed by atoms with E-state index in [0.717, 1.165) is 12.1 Å². The zero-order valence-electron chi connectivity index (χ0n) is 15.5. The molecule has 17 heteroatoms. The van der Waals surface area contributed by atoms with Crippen molar-refractivity contribution in [3.63, 3.8) is 0 Å². The van der Waals surface area contributed by atoms with Gasteiger partial charge in [-0.15, -0.1) is 0 Å². The third-order valence-electron chi connectivity index (χ3n) is 3.96. The SMILES string of the molecule is O=S(=O)(O)c1cc(Oc2c(Cl)c(Cl)c(Cl)c(Cl)c2Cl)ccc1Oc1c(Cl)c(Cl)c(Cl)c(Cl)c1Cl.[NaH]. The van der Waals surface area contributed by atoms with Crippen molar-refractivity contribution in [2.75, 3.05) is 0 Å². The number of halogens is 10. The van der Waals surface area contributed by atoms with Gasteiger partial charge in [-0.05, 0) is 12.1 Å². The van der Waals surface area contributed by atoms with Crippen LogP contribution in [0, 0.1) is 0 Å². The molecule has 0 saturated carbocycles. The van der Waals surface area contributed by atoms with E-state index in [9.17, 15) is 13.0 Å². The monoisotopic (exact) mass is 706 g/mol. The Kier molecular flexibility index (Phi) is 11.5. The van der Waals surface area contributed by atoms with Crippen LogP contribution in [-0.2, 0) is 10.1 Å². The van der Waals surface area contributed by atoms with E-state index in [2.05, 4.69) is 0 Å². The summed E-state index contributed by atoms with van der Waals surface area (Å²) >= 11 is 60.4. The topological polar surface area (TPSA) is 72.8 Å². The molecular formula is C18H5Cl10NaO5S. The maximum absolute atomic E-state index is 12.1. The van der Waals surface area contributed by atoms with Crippen molar-refractivity contribution in [2.24, 2.45) is 0 Å². The quantitative estimate of drug-likeness (QED) is 0.124. The molecule has 3 rings (SSSR count). The van der Waals surface area contributed by atoms with E-state index in [-0.39, 0.29) is 97.0 Å². The molecule has 0 amide bonds. The molecule has 3 aromatic carbocycles. The van der Waals surface area contributed by atoms with Gasteiger partial charge in [-0.1, -0.05) is 116 Å². The number of benzene rings is 3. The van der Waals surface area contributed by atoms with E-state index in [4.69, 9.17) is 125 Å². The van der Waals surface area contributed by atoms with Crippen LogP contribution in [0.3, 0.4) is 0 Å². The molecule has 0 unspecified atom stereocenters. The molecule has 0 heterocycles. The molecule has 0 aliphatic heterocycles. The molecule has 0 radical (unpaired) electrons. The predicted octanol–water partition coefficient (Wildman–Crippen LogP) is 10.4. The molecule has 1 N–H and O–H groups in total. The number of hydrogen-bond donors (Lipinski definition) is 1. The van der Waals surface area contributed by atoms with Gasteiger partial charge < -0.3 is 9.47 Å². The van der Waals surface area contributed by atoms with E-state index in [0.29, 0.717) is 0 Å². The van der Waals surface area contributed by atoms with Crippen LogP contribution in [0.15, 0.2) is 23.1 Å². The Hall–Kier alpha value is 1.07. The molecular weight excluding hydrogens is 706 g/mol. The Labute approximate surface area is 271 Å². The summed E-state index contributed by atoms with van der Waals surface area (Å²) in [5, 5.41) is -1.84. The molecule has 3 aromatic rings. The van der Waals surface area contributed by atoms with Crippen molar-refractivity contribution in [3.05, 3.63) is 68.4 Å². The maximum atomic E-state index is 12.1. The van der Waals surface area contributed by atoms with Gasteiger partial charge in [-0.25, -0.2) is 0 Å². The Morgan fingerprint density at radius 2 is 0.914 bits per heavy atom. The summed E-state index contributed by atoms with van der Waals surface area (Å²) in [6, 6.07) is 3.26. The molecule has 0 aliphatic carbocycles. The molecule has 0 spiro atoms. The van der Waals surface area contributed by atoms with Crippen LogP contribution in [-0.4, -0.2) is 42.5 Å². The van der Waals surface area contributed by atoms with E-state index in [1.54, 1.807) is 0 Å². The van der Waals surface area contributed by atoms with Gasteiger partial charge >= 0.3 is 29.6 Å². The molecule has 184 valence electrons. The van der Waals surface area contributed by atoms with Crippen molar-refractivity contribution < 1.29 is 22.4 Å². The van der Waals surface area contributed by atoms with Crippen molar-refractivity contribution in [1.29, 1.82) is 0 Å². The second kappa shape index (κ2) is 12.5. The summed E-state index contributed by atoms with van der Waals surface area (Å²) in [5.74, 6) is -1.12. The average Bonchev–Trinajstić information content (AvgIpc) is 2.79. The molecule has 0 bridgehead atoms. The van der Waals surface area contributed by atoms with Crippen LogP contribution < -0.4 is 9.47 Å². The van der Waals surface area contributed by atoms with Crippen LogP contribution in [0.2, 0.25) is 50.2 Å². The minimum atomic E-state index is -4.89. The molecule has 0 fully saturated rings. The van der Waals surface area contributed by atoms with Crippen LogP contribution in [0.4, 0.5) is 0 Å². The molecule has 5 nitrogen and oxygen atoms in total. The van der Waals surface area contributed by atoms with Crippen LogP contribution in [0.1, 0.15) is 0 Å². The standard InChI is InChI=1S/C18H4Cl10O5S.Na.H/c19-7-9(21)13(25)17(14(26)10(7)22)32-4-1-2-5(6(3-4)34(29,30)31)33-18-15(27)11(23)8(20)12(24)16(18)28;;/h1-3H,(H,29,30,31);;. The number of hydrogen-bond acceptors (Lipinski definition) is 4. The van der Waals surface area contributed by atoms with Gasteiger partial charge in [-0.3, -0.25) is 4.55 Å². The Balaban J connectivity index is 0.00000432. The Morgan fingerprint density at radius 1 is 0.571 bits per heavy atom. The zero-order valence-corrected chi connectivity index (χ0v) is 23.9. The first-order chi connectivity index (χ1) is 15.7. The molecule has 0 aliphatic rings. The summed E-state index contributed by atoms with van der Waals surface area (Å²) in [4.78, 5) is -0.752. The van der Waals surface area contributed by atoms with Crippen LogP contribution in [0.25, 0.3) is 0 Å². The van der Waals surface area contributed by atoms with Crippen molar-refractivity contribution >= 4 is 156 Å². The van der Waals surface area contributed by atoms with Gasteiger partial charge in [0.25, 0.3) is 10.1 Å². The van der Waals surface area contributed by atoms with Crippen LogP contribution >= 0.6 is 116 Å². The predicted molar refractivity (Wildman–Crippen MR) is 147 cm³/mol. The van der Waals surface area contributed by atoms with Crippen LogP contribution in [0.5, 0.6) is 23.0 Å².